The van der Waals surface area contributed by atoms with Crippen molar-refractivity contribution in [2.24, 2.45) is 11.5 Å². The molecule has 1 aliphatic rings. The third-order valence-corrected chi connectivity index (χ3v) is 4.81. The number of hydrogen-bond acceptors (Lipinski definition) is 11. The monoisotopic (exact) mass is 420 g/mol. The highest BCUT2D eigenvalue weighted by atomic mass is 31.2. The van der Waals surface area contributed by atoms with E-state index in [1.807, 2.05) is 0 Å². The summed E-state index contributed by atoms with van der Waals surface area (Å²) in [6.45, 7) is -1.23. The van der Waals surface area contributed by atoms with E-state index in [0.717, 1.165) is 0 Å². The van der Waals surface area contributed by atoms with Gasteiger partial charge in [-0.25, -0.2) is 4.57 Å². The van der Waals surface area contributed by atoms with Gasteiger partial charge in [0, 0.05) is 0 Å². The lowest BCUT2D eigenvalue weighted by molar-refractivity contribution is -0.362. The molecule has 14 nitrogen and oxygen atoms in total. The standard InChI is InChI=1S/C12H25N2O12P/c13-5(26-27(22,23)24)2-1-3-11(14,10(19)20)9-7(17)6(16)8(18)12(21,4-15)25-9/h5-9,15-18,21H,1-4,13-14H2,(H,19,20)(H2,22,23,24)/t5?,6-,7+,8+,9?,11?,12+/m1/s1. The van der Waals surface area contributed by atoms with Gasteiger partial charge in [-0.1, -0.05) is 0 Å². The number of aliphatic hydroxyl groups excluding tert-OH is 4. The number of ether oxygens (including phenoxy) is 1. The van der Waals surface area contributed by atoms with Crippen LogP contribution in [0.3, 0.4) is 0 Å². The first-order chi connectivity index (χ1) is 12.2. The summed E-state index contributed by atoms with van der Waals surface area (Å²) in [6, 6.07) is 0. The third-order valence-electron chi connectivity index (χ3n) is 4.26. The van der Waals surface area contributed by atoms with Crippen LogP contribution < -0.4 is 11.5 Å². The van der Waals surface area contributed by atoms with Gasteiger partial charge in [0.25, 0.3) is 0 Å². The highest BCUT2D eigenvalue weighted by Crippen LogP contribution is 2.38. The minimum Gasteiger partial charge on any atom is -0.480 e. The Balaban J connectivity index is 2.94. The first kappa shape index (κ1) is 24.3. The molecule has 1 fully saturated rings. The zero-order valence-corrected chi connectivity index (χ0v) is 14.9. The maximum absolute atomic E-state index is 11.7. The molecule has 0 spiro atoms. The molecule has 1 rings (SSSR count). The van der Waals surface area contributed by atoms with Crippen LogP contribution in [0.2, 0.25) is 0 Å². The van der Waals surface area contributed by atoms with Crippen molar-refractivity contribution < 1.29 is 59.0 Å². The van der Waals surface area contributed by atoms with E-state index in [9.17, 15) is 40.0 Å². The molecule has 0 aliphatic carbocycles. The van der Waals surface area contributed by atoms with Gasteiger partial charge in [-0.2, -0.15) is 0 Å². The van der Waals surface area contributed by atoms with Crippen molar-refractivity contribution in [3.05, 3.63) is 0 Å². The Morgan fingerprint density at radius 3 is 2.30 bits per heavy atom. The van der Waals surface area contributed by atoms with Gasteiger partial charge in [-0.3, -0.25) is 9.32 Å². The van der Waals surface area contributed by atoms with Crippen LogP contribution >= 0.6 is 7.82 Å². The third kappa shape index (κ3) is 5.63. The van der Waals surface area contributed by atoms with Crippen LogP contribution in [0.5, 0.6) is 0 Å². The molecule has 3 unspecified atom stereocenters. The largest absolute Gasteiger partial charge is 0.480 e. The zero-order chi connectivity index (χ0) is 21.2. The van der Waals surface area contributed by atoms with E-state index < -0.39 is 68.8 Å². The first-order valence-corrected chi connectivity index (χ1v) is 9.28. The average Bonchev–Trinajstić information content (AvgIpc) is 2.54. The van der Waals surface area contributed by atoms with Crippen molar-refractivity contribution in [1.29, 1.82) is 0 Å². The van der Waals surface area contributed by atoms with E-state index in [4.69, 9.17) is 26.0 Å². The van der Waals surface area contributed by atoms with Crippen LogP contribution in [0.1, 0.15) is 19.3 Å². The summed E-state index contributed by atoms with van der Waals surface area (Å²) in [5.74, 6) is -4.48. The van der Waals surface area contributed by atoms with Gasteiger partial charge in [0.05, 0.1) is 6.61 Å². The van der Waals surface area contributed by atoms with Crippen molar-refractivity contribution in [3.8, 4) is 0 Å². The molecule has 0 aromatic heterocycles. The van der Waals surface area contributed by atoms with Gasteiger partial charge in [0.15, 0.2) is 0 Å². The van der Waals surface area contributed by atoms with Crippen molar-refractivity contribution in [2.45, 2.75) is 61.2 Å². The quantitative estimate of drug-likeness (QED) is 0.124. The van der Waals surface area contributed by atoms with Crippen LogP contribution in [0.25, 0.3) is 0 Å². The Morgan fingerprint density at radius 2 is 1.85 bits per heavy atom. The van der Waals surface area contributed by atoms with E-state index in [1.54, 1.807) is 0 Å². The minimum atomic E-state index is -4.85. The van der Waals surface area contributed by atoms with E-state index in [0.29, 0.717) is 0 Å². The number of rotatable bonds is 9. The molecule has 0 bridgehead atoms. The van der Waals surface area contributed by atoms with Gasteiger partial charge in [-0.15, -0.1) is 0 Å². The van der Waals surface area contributed by atoms with Crippen molar-refractivity contribution in [2.75, 3.05) is 6.61 Å². The van der Waals surface area contributed by atoms with E-state index in [2.05, 4.69) is 4.52 Å². The molecule has 15 heteroatoms. The lowest BCUT2D eigenvalue weighted by Gasteiger charge is -2.49. The second-order valence-electron chi connectivity index (χ2n) is 6.34. The molecule has 0 radical (unpaired) electrons. The molecule has 27 heavy (non-hydrogen) atoms. The molecule has 1 saturated heterocycles. The smallest absolute Gasteiger partial charge is 0.471 e. The van der Waals surface area contributed by atoms with Gasteiger partial charge in [-0.05, 0) is 19.3 Å². The highest BCUT2D eigenvalue weighted by molar-refractivity contribution is 7.46. The Bertz CT molecular complexity index is 575. The molecular weight excluding hydrogens is 395 g/mol. The number of carboxylic acids is 1. The van der Waals surface area contributed by atoms with Crippen molar-refractivity contribution in [3.63, 3.8) is 0 Å². The summed E-state index contributed by atoms with van der Waals surface area (Å²) >= 11 is 0. The first-order valence-electron chi connectivity index (χ1n) is 7.75. The summed E-state index contributed by atoms with van der Waals surface area (Å²) in [5.41, 5.74) is 8.72. The van der Waals surface area contributed by atoms with Crippen LogP contribution in [0.4, 0.5) is 0 Å². The fourth-order valence-corrected chi connectivity index (χ4v) is 3.19. The number of hydrogen-bond donors (Lipinski definition) is 10. The summed E-state index contributed by atoms with van der Waals surface area (Å²) in [4.78, 5) is 29.0. The fraction of sp³-hybridized carbons (Fsp3) is 0.917. The topological polar surface area (TPSA) is 266 Å². The maximum atomic E-state index is 11.7. The number of aliphatic hydroxyl groups is 5. The summed E-state index contributed by atoms with van der Waals surface area (Å²) < 4.78 is 19.8. The molecule has 1 aliphatic heterocycles. The Morgan fingerprint density at radius 1 is 1.30 bits per heavy atom. The minimum absolute atomic E-state index is 0.174. The number of aliphatic carboxylic acids is 1. The number of phosphoric acid groups is 1. The van der Waals surface area contributed by atoms with Crippen LogP contribution in [0, 0.1) is 0 Å². The molecule has 0 aromatic rings. The summed E-state index contributed by atoms with van der Waals surface area (Å²) in [7, 11) is -4.85. The van der Waals surface area contributed by atoms with Gasteiger partial charge >= 0.3 is 13.8 Å². The molecule has 160 valence electrons. The zero-order valence-electron chi connectivity index (χ0n) is 14.0. The lowest BCUT2D eigenvalue weighted by Crippen LogP contribution is -2.74. The predicted octanol–water partition coefficient (Wildman–Crippen LogP) is -4.50. The maximum Gasteiger partial charge on any atom is 0.471 e. The molecule has 0 amide bonds. The van der Waals surface area contributed by atoms with E-state index >= 15 is 0 Å². The second-order valence-corrected chi connectivity index (χ2v) is 7.53. The predicted molar refractivity (Wildman–Crippen MR) is 84.4 cm³/mol. The van der Waals surface area contributed by atoms with E-state index in [-0.39, 0.29) is 12.8 Å². The molecule has 0 aromatic carbocycles. The van der Waals surface area contributed by atoms with E-state index in [1.165, 1.54) is 0 Å². The Kier molecular flexibility index (Phi) is 7.86. The van der Waals surface area contributed by atoms with Crippen LogP contribution in [-0.2, 0) is 18.6 Å². The summed E-state index contributed by atoms with van der Waals surface area (Å²) in [6.07, 6.45) is -10.6. The molecular formula is C12H25N2O12P. The molecule has 12 N–H and O–H groups in total. The normalized spacial score (nSPS) is 35.4. The van der Waals surface area contributed by atoms with Gasteiger partial charge < -0.3 is 56.6 Å². The highest BCUT2D eigenvalue weighted by Gasteiger charge is 2.59. The van der Waals surface area contributed by atoms with Gasteiger partial charge in [0.2, 0.25) is 5.79 Å². The molecule has 1 heterocycles. The lowest BCUT2D eigenvalue weighted by atomic mass is 9.79. The number of nitrogens with two attached hydrogens (primary N) is 2. The van der Waals surface area contributed by atoms with Gasteiger partial charge in [0.1, 0.15) is 36.2 Å². The van der Waals surface area contributed by atoms with Crippen LogP contribution in [0.15, 0.2) is 0 Å². The summed E-state index contributed by atoms with van der Waals surface area (Å²) in [5, 5.41) is 58.3. The molecule has 0 saturated carbocycles. The second kappa shape index (κ2) is 8.73. The average molecular weight is 420 g/mol. The number of phosphoric ester groups is 1. The fourth-order valence-electron chi connectivity index (χ4n) is 2.73. The van der Waals surface area contributed by atoms with Crippen molar-refractivity contribution in [1.82, 2.24) is 0 Å². The van der Waals surface area contributed by atoms with Crippen molar-refractivity contribution >= 4 is 13.8 Å². The Labute approximate surface area is 153 Å². The van der Waals surface area contributed by atoms with Crippen LogP contribution in [-0.4, -0.2) is 95.0 Å². The number of carbonyl (C=O) groups is 1. The number of carboxylic acid groups (broad SMARTS) is 1. The SMILES string of the molecule is NC(CCCC(N)(C(=O)O)C1O[C@@](O)(CO)[C@@H](O)[C@H](O)[C@@H]1O)OP(=O)(O)O. The molecule has 7 atom stereocenters. The Hall–Kier alpha value is -0.740.